The molecule has 172 valence electrons. The summed E-state index contributed by atoms with van der Waals surface area (Å²) in [5, 5.41) is 12.8. The predicted octanol–water partition coefficient (Wildman–Crippen LogP) is 6.02. The summed E-state index contributed by atoms with van der Waals surface area (Å²) in [5.74, 6) is 3.89. The molecule has 0 aliphatic rings. The van der Waals surface area contributed by atoms with Crippen LogP contribution in [0.1, 0.15) is 11.5 Å². The average Bonchev–Trinajstić information content (AvgIpc) is 3.65. The normalized spacial score (nSPS) is 11.0. The van der Waals surface area contributed by atoms with E-state index in [1.54, 1.807) is 43.6 Å². The van der Waals surface area contributed by atoms with E-state index in [0.29, 0.717) is 12.3 Å². The minimum Gasteiger partial charge on any atom is -0.497 e. The Morgan fingerprint density at radius 3 is 2.59 bits per heavy atom. The van der Waals surface area contributed by atoms with Crippen LogP contribution in [0.5, 0.6) is 11.5 Å². The van der Waals surface area contributed by atoms with Crippen molar-refractivity contribution < 1.29 is 13.9 Å². The Morgan fingerprint density at radius 1 is 0.971 bits per heavy atom. The van der Waals surface area contributed by atoms with Crippen molar-refractivity contribution in [3.8, 4) is 33.5 Å². The first-order valence-corrected chi connectivity index (χ1v) is 12.4. The lowest BCUT2D eigenvalue weighted by atomic mass is 10.2. The van der Waals surface area contributed by atoms with Gasteiger partial charge in [-0.05, 0) is 48.5 Å². The van der Waals surface area contributed by atoms with E-state index in [0.717, 1.165) is 50.1 Å². The van der Waals surface area contributed by atoms with Crippen LogP contribution in [0.4, 0.5) is 0 Å². The van der Waals surface area contributed by atoms with Crippen molar-refractivity contribution in [2.45, 2.75) is 17.5 Å². The van der Waals surface area contributed by atoms with Gasteiger partial charge in [0.25, 0.3) is 0 Å². The Bertz CT molecular complexity index is 1360. The van der Waals surface area contributed by atoms with Crippen molar-refractivity contribution in [3.63, 3.8) is 0 Å². The summed E-state index contributed by atoms with van der Waals surface area (Å²) < 4.78 is 18.4. The van der Waals surface area contributed by atoms with E-state index in [1.165, 1.54) is 0 Å². The smallest absolute Gasteiger partial charge is 0.192 e. The molecule has 0 spiro atoms. The first kappa shape index (κ1) is 22.2. The molecule has 0 radical (unpaired) electrons. The maximum absolute atomic E-state index is 5.60. The number of thioether (sulfide) groups is 1. The van der Waals surface area contributed by atoms with E-state index in [4.69, 9.17) is 18.9 Å². The molecule has 0 N–H and O–H groups in total. The maximum Gasteiger partial charge on any atom is 0.192 e. The van der Waals surface area contributed by atoms with E-state index >= 15 is 0 Å². The van der Waals surface area contributed by atoms with Crippen molar-refractivity contribution in [1.29, 1.82) is 0 Å². The number of para-hydroxylation sites is 1. The summed E-state index contributed by atoms with van der Waals surface area (Å²) >= 11 is 3.21. The molecular weight excluding hydrogens is 468 g/mol. The number of ether oxygens (including phenoxy) is 2. The number of furan rings is 1. The van der Waals surface area contributed by atoms with Gasteiger partial charge >= 0.3 is 0 Å². The van der Waals surface area contributed by atoms with Crippen molar-refractivity contribution in [2.24, 2.45) is 0 Å². The van der Waals surface area contributed by atoms with Crippen molar-refractivity contribution in [2.75, 3.05) is 14.2 Å². The van der Waals surface area contributed by atoms with Gasteiger partial charge in [-0.1, -0.05) is 23.9 Å². The van der Waals surface area contributed by atoms with E-state index < -0.39 is 0 Å². The second-order valence-corrected chi connectivity index (χ2v) is 9.13. The first-order valence-electron chi connectivity index (χ1n) is 10.6. The molecule has 0 amide bonds. The Labute approximate surface area is 205 Å². The van der Waals surface area contributed by atoms with Gasteiger partial charge in [-0.2, -0.15) is 0 Å². The Morgan fingerprint density at radius 2 is 1.82 bits per heavy atom. The van der Waals surface area contributed by atoms with Gasteiger partial charge in [0.2, 0.25) is 0 Å². The number of hydrogen-bond acceptors (Lipinski definition) is 8. The minimum absolute atomic E-state index is 0.535. The molecule has 7 nitrogen and oxygen atoms in total. The quantitative estimate of drug-likeness (QED) is 0.234. The molecule has 0 unspecified atom stereocenters. The van der Waals surface area contributed by atoms with E-state index in [9.17, 15) is 0 Å². The lowest BCUT2D eigenvalue weighted by Crippen LogP contribution is -2.03. The fourth-order valence-electron chi connectivity index (χ4n) is 3.51. The second-order valence-electron chi connectivity index (χ2n) is 7.33. The van der Waals surface area contributed by atoms with Crippen LogP contribution in [0, 0.1) is 0 Å². The van der Waals surface area contributed by atoms with Crippen LogP contribution in [0.2, 0.25) is 0 Å². The molecule has 0 atom stereocenters. The summed E-state index contributed by atoms with van der Waals surface area (Å²) in [5.41, 5.74) is 2.93. The standard InChI is InChI=1S/C25H22N4O3S2/c1-30-19-11-9-17(10-12-19)23-27-28-25(29(23)14-20-6-5-13-32-20)34-16-18-15-33-24(26-18)21-7-3-4-8-22(21)31-2/h3-13,15H,14,16H2,1-2H3. The molecule has 5 aromatic rings. The van der Waals surface area contributed by atoms with Crippen molar-refractivity contribution in [1.82, 2.24) is 19.7 Å². The second kappa shape index (κ2) is 10.1. The predicted molar refractivity (Wildman–Crippen MR) is 133 cm³/mol. The molecule has 0 bridgehead atoms. The van der Waals surface area contributed by atoms with Gasteiger partial charge in [0.15, 0.2) is 11.0 Å². The summed E-state index contributed by atoms with van der Waals surface area (Å²) in [6.45, 7) is 0.535. The topological polar surface area (TPSA) is 75.2 Å². The Kier molecular flexibility index (Phi) is 6.64. The number of benzene rings is 2. The van der Waals surface area contributed by atoms with Gasteiger partial charge in [0.1, 0.15) is 22.3 Å². The summed E-state index contributed by atoms with van der Waals surface area (Å²) in [6, 6.07) is 19.6. The van der Waals surface area contributed by atoms with Crippen molar-refractivity contribution in [3.05, 3.63) is 83.8 Å². The molecular formula is C25H22N4O3S2. The molecule has 0 fully saturated rings. The molecule has 2 aromatic carbocycles. The highest BCUT2D eigenvalue weighted by atomic mass is 32.2. The zero-order chi connectivity index (χ0) is 23.3. The minimum atomic E-state index is 0.535. The molecule has 0 aliphatic carbocycles. The lowest BCUT2D eigenvalue weighted by molar-refractivity contribution is 0.415. The zero-order valence-corrected chi connectivity index (χ0v) is 20.3. The van der Waals surface area contributed by atoms with Crippen LogP contribution in [-0.4, -0.2) is 34.0 Å². The third kappa shape index (κ3) is 4.71. The summed E-state index contributed by atoms with van der Waals surface area (Å²) in [7, 11) is 3.33. The van der Waals surface area contributed by atoms with Crippen LogP contribution in [0.3, 0.4) is 0 Å². The number of nitrogens with zero attached hydrogens (tertiary/aromatic N) is 4. The van der Waals surface area contributed by atoms with Crippen LogP contribution in [-0.2, 0) is 12.3 Å². The molecule has 9 heteroatoms. The van der Waals surface area contributed by atoms with Crippen LogP contribution >= 0.6 is 23.1 Å². The van der Waals surface area contributed by atoms with Gasteiger partial charge in [-0.25, -0.2) is 4.98 Å². The Balaban J connectivity index is 1.39. The molecule has 34 heavy (non-hydrogen) atoms. The fraction of sp³-hybridized carbons (Fsp3) is 0.160. The summed E-state index contributed by atoms with van der Waals surface area (Å²) in [4.78, 5) is 4.82. The van der Waals surface area contributed by atoms with Gasteiger partial charge < -0.3 is 13.9 Å². The van der Waals surface area contributed by atoms with Crippen LogP contribution < -0.4 is 9.47 Å². The van der Waals surface area contributed by atoms with Crippen LogP contribution in [0.15, 0.2) is 81.9 Å². The van der Waals surface area contributed by atoms with Gasteiger partial charge in [-0.3, -0.25) is 4.57 Å². The number of rotatable bonds is 9. The first-order chi connectivity index (χ1) is 16.7. The molecule has 3 heterocycles. The number of thiazole rings is 1. The van der Waals surface area contributed by atoms with Crippen LogP contribution in [0.25, 0.3) is 22.0 Å². The number of hydrogen-bond donors (Lipinski definition) is 0. The third-order valence-corrected chi connectivity index (χ3v) is 7.12. The summed E-state index contributed by atoms with van der Waals surface area (Å²) in [6.07, 6.45) is 1.67. The van der Waals surface area contributed by atoms with E-state index in [1.807, 2.05) is 60.7 Å². The number of aromatic nitrogens is 4. The van der Waals surface area contributed by atoms with Gasteiger partial charge in [0.05, 0.1) is 38.3 Å². The Hall–Kier alpha value is -3.56. The van der Waals surface area contributed by atoms with Gasteiger partial charge in [0, 0.05) is 16.7 Å². The highest BCUT2D eigenvalue weighted by Gasteiger charge is 2.17. The SMILES string of the molecule is COc1ccc(-c2nnc(SCc3csc(-c4ccccc4OC)n3)n2Cc2ccco2)cc1. The van der Waals surface area contributed by atoms with Gasteiger partial charge in [-0.15, -0.1) is 21.5 Å². The zero-order valence-electron chi connectivity index (χ0n) is 18.7. The fourth-order valence-corrected chi connectivity index (χ4v) is 5.29. The highest BCUT2D eigenvalue weighted by Crippen LogP contribution is 2.34. The van der Waals surface area contributed by atoms with E-state index in [2.05, 4.69) is 20.1 Å². The maximum atomic E-state index is 5.60. The third-order valence-electron chi connectivity index (χ3n) is 5.20. The van der Waals surface area contributed by atoms with Crippen molar-refractivity contribution >= 4 is 23.1 Å². The molecule has 5 rings (SSSR count). The molecule has 0 aliphatic heterocycles. The monoisotopic (exact) mass is 490 g/mol. The molecule has 3 aromatic heterocycles. The molecule has 0 saturated heterocycles. The number of methoxy groups -OCH3 is 2. The lowest BCUT2D eigenvalue weighted by Gasteiger charge is -2.09. The average molecular weight is 491 g/mol. The highest BCUT2D eigenvalue weighted by molar-refractivity contribution is 7.98. The largest absolute Gasteiger partial charge is 0.497 e. The molecule has 0 saturated carbocycles. The van der Waals surface area contributed by atoms with E-state index in [-0.39, 0.29) is 0 Å².